The summed E-state index contributed by atoms with van der Waals surface area (Å²) in [6.45, 7) is 5.24. The van der Waals surface area contributed by atoms with Gasteiger partial charge < -0.3 is 20.5 Å². The van der Waals surface area contributed by atoms with E-state index in [2.05, 4.69) is 26.1 Å². The zero-order valence-corrected chi connectivity index (χ0v) is 12.3. The number of carbonyl (C=O) groups excluding carboxylic acids is 2. The molecular weight excluding hydrogens is 274 g/mol. The Morgan fingerprint density at radius 2 is 2.14 bits per heavy atom. The van der Waals surface area contributed by atoms with Crippen molar-refractivity contribution in [2.75, 3.05) is 19.6 Å². The minimum atomic E-state index is -0.401. The van der Waals surface area contributed by atoms with E-state index in [0.717, 1.165) is 19.4 Å². The highest BCUT2D eigenvalue weighted by atomic mass is 16.5. The molecule has 1 saturated heterocycles. The van der Waals surface area contributed by atoms with Gasteiger partial charge in [0, 0.05) is 19.0 Å². The first kappa shape index (κ1) is 15.4. The standard InChI is InChI=1S/C13H21N5O3/c1-8(2)11(19)15-6-7-16-12(20)10-17-13(21-18-10)9-4-3-5-14-9/h8-9,14H,3-7H2,1-2H3,(H,15,19)(H,16,20). The molecule has 0 aliphatic carbocycles. The maximum atomic E-state index is 11.8. The Morgan fingerprint density at radius 1 is 1.38 bits per heavy atom. The number of nitrogens with zero attached hydrogens (tertiary/aromatic N) is 2. The summed E-state index contributed by atoms with van der Waals surface area (Å²) in [5.41, 5.74) is 0. The maximum absolute atomic E-state index is 11.8. The smallest absolute Gasteiger partial charge is 0.292 e. The maximum Gasteiger partial charge on any atom is 0.292 e. The third-order valence-electron chi connectivity index (χ3n) is 3.24. The van der Waals surface area contributed by atoms with Crippen molar-refractivity contribution in [3.8, 4) is 0 Å². The Hall–Kier alpha value is -1.96. The lowest BCUT2D eigenvalue weighted by atomic mass is 10.2. The van der Waals surface area contributed by atoms with E-state index in [1.54, 1.807) is 0 Å². The van der Waals surface area contributed by atoms with Crippen LogP contribution in [-0.4, -0.2) is 41.6 Å². The van der Waals surface area contributed by atoms with Gasteiger partial charge in [0.05, 0.1) is 6.04 Å². The van der Waals surface area contributed by atoms with Crippen LogP contribution in [0.3, 0.4) is 0 Å². The lowest BCUT2D eigenvalue weighted by molar-refractivity contribution is -0.123. The zero-order valence-electron chi connectivity index (χ0n) is 12.3. The van der Waals surface area contributed by atoms with Crippen molar-refractivity contribution in [1.29, 1.82) is 0 Å². The van der Waals surface area contributed by atoms with Gasteiger partial charge in [-0.2, -0.15) is 4.98 Å². The second-order valence-electron chi connectivity index (χ2n) is 5.31. The lowest BCUT2D eigenvalue weighted by Gasteiger charge is -2.07. The summed E-state index contributed by atoms with van der Waals surface area (Å²) in [6.07, 6.45) is 1.99. The molecule has 1 unspecified atom stereocenters. The largest absolute Gasteiger partial charge is 0.354 e. The summed E-state index contributed by atoms with van der Waals surface area (Å²) < 4.78 is 5.09. The first-order valence-electron chi connectivity index (χ1n) is 7.21. The molecule has 2 heterocycles. The number of hydrogen-bond donors (Lipinski definition) is 3. The van der Waals surface area contributed by atoms with E-state index >= 15 is 0 Å². The van der Waals surface area contributed by atoms with E-state index in [0.29, 0.717) is 19.0 Å². The van der Waals surface area contributed by atoms with Crippen molar-refractivity contribution in [1.82, 2.24) is 26.1 Å². The fraction of sp³-hybridized carbons (Fsp3) is 0.692. The Balaban J connectivity index is 1.74. The molecule has 0 bridgehead atoms. The molecule has 1 aromatic heterocycles. The Morgan fingerprint density at radius 3 is 2.81 bits per heavy atom. The quantitative estimate of drug-likeness (QED) is 0.637. The van der Waals surface area contributed by atoms with Gasteiger partial charge in [0.25, 0.3) is 11.7 Å². The van der Waals surface area contributed by atoms with E-state index in [1.165, 1.54) is 0 Å². The van der Waals surface area contributed by atoms with Gasteiger partial charge in [-0.05, 0) is 19.4 Å². The summed E-state index contributed by atoms with van der Waals surface area (Å²) in [5, 5.41) is 12.3. The number of aromatic nitrogens is 2. The second kappa shape index (κ2) is 7.16. The van der Waals surface area contributed by atoms with Crippen LogP contribution in [0.1, 0.15) is 49.2 Å². The lowest BCUT2D eigenvalue weighted by Crippen LogP contribution is -2.36. The number of carbonyl (C=O) groups is 2. The van der Waals surface area contributed by atoms with E-state index < -0.39 is 5.91 Å². The molecule has 1 fully saturated rings. The normalized spacial score (nSPS) is 18.0. The zero-order chi connectivity index (χ0) is 15.2. The SMILES string of the molecule is CC(C)C(=O)NCCNC(=O)c1noc(C2CCCN2)n1. The fourth-order valence-electron chi connectivity index (χ4n) is 2.01. The Labute approximate surface area is 123 Å². The number of amides is 2. The molecule has 1 atom stereocenters. The van der Waals surface area contributed by atoms with Crippen LogP contribution in [0.25, 0.3) is 0 Å². The van der Waals surface area contributed by atoms with Gasteiger partial charge in [0.15, 0.2) is 0 Å². The van der Waals surface area contributed by atoms with E-state index in [9.17, 15) is 9.59 Å². The van der Waals surface area contributed by atoms with Crippen molar-refractivity contribution in [3.63, 3.8) is 0 Å². The average Bonchev–Trinajstić information content (AvgIpc) is 3.12. The van der Waals surface area contributed by atoms with Crippen LogP contribution in [0.5, 0.6) is 0 Å². The third-order valence-corrected chi connectivity index (χ3v) is 3.24. The highest BCUT2D eigenvalue weighted by Crippen LogP contribution is 2.20. The first-order valence-corrected chi connectivity index (χ1v) is 7.21. The molecule has 0 aromatic carbocycles. The summed E-state index contributed by atoms with van der Waals surface area (Å²) >= 11 is 0. The molecule has 0 spiro atoms. The van der Waals surface area contributed by atoms with Crippen molar-refractivity contribution < 1.29 is 14.1 Å². The van der Waals surface area contributed by atoms with Crippen LogP contribution < -0.4 is 16.0 Å². The third kappa shape index (κ3) is 4.25. The van der Waals surface area contributed by atoms with Crippen molar-refractivity contribution >= 4 is 11.8 Å². The van der Waals surface area contributed by atoms with Gasteiger partial charge >= 0.3 is 0 Å². The summed E-state index contributed by atoms with van der Waals surface area (Å²) in [5.74, 6) is -0.0424. The van der Waals surface area contributed by atoms with Crippen LogP contribution in [0.4, 0.5) is 0 Å². The van der Waals surface area contributed by atoms with Crippen LogP contribution in [0.15, 0.2) is 4.52 Å². The highest BCUT2D eigenvalue weighted by molar-refractivity contribution is 5.90. The fourth-order valence-corrected chi connectivity index (χ4v) is 2.01. The molecule has 2 rings (SSSR count). The minimum Gasteiger partial charge on any atom is -0.354 e. The first-order chi connectivity index (χ1) is 10.1. The van der Waals surface area contributed by atoms with Crippen LogP contribution in [0.2, 0.25) is 0 Å². The second-order valence-corrected chi connectivity index (χ2v) is 5.31. The average molecular weight is 295 g/mol. The van der Waals surface area contributed by atoms with Gasteiger partial charge in [-0.1, -0.05) is 19.0 Å². The molecule has 8 heteroatoms. The monoisotopic (exact) mass is 295 g/mol. The van der Waals surface area contributed by atoms with Crippen LogP contribution in [-0.2, 0) is 4.79 Å². The van der Waals surface area contributed by atoms with Crippen LogP contribution in [0, 0.1) is 5.92 Å². The van der Waals surface area contributed by atoms with Gasteiger partial charge in [0.1, 0.15) is 0 Å². The molecule has 21 heavy (non-hydrogen) atoms. The van der Waals surface area contributed by atoms with Crippen molar-refractivity contribution in [2.24, 2.45) is 5.92 Å². The molecule has 2 amide bonds. The summed E-state index contributed by atoms with van der Waals surface area (Å²) in [7, 11) is 0. The van der Waals surface area contributed by atoms with Crippen LogP contribution >= 0.6 is 0 Å². The molecule has 0 saturated carbocycles. The Bertz CT molecular complexity index is 494. The predicted octanol–water partition coefficient (Wildman–Crippen LogP) is -0.00390. The topological polar surface area (TPSA) is 109 Å². The molecule has 1 aliphatic rings. The van der Waals surface area contributed by atoms with Crippen molar-refractivity contribution in [2.45, 2.75) is 32.7 Å². The minimum absolute atomic E-state index is 0.0221. The highest BCUT2D eigenvalue weighted by Gasteiger charge is 2.24. The molecule has 116 valence electrons. The van der Waals surface area contributed by atoms with Gasteiger partial charge in [-0.25, -0.2) is 0 Å². The number of hydrogen-bond acceptors (Lipinski definition) is 6. The summed E-state index contributed by atoms with van der Waals surface area (Å²) in [4.78, 5) is 27.3. The molecule has 8 nitrogen and oxygen atoms in total. The van der Waals surface area contributed by atoms with Gasteiger partial charge in [0.2, 0.25) is 11.8 Å². The van der Waals surface area contributed by atoms with Crippen molar-refractivity contribution in [3.05, 3.63) is 11.7 Å². The van der Waals surface area contributed by atoms with E-state index in [-0.39, 0.29) is 23.7 Å². The molecular formula is C13H21N5O3. The number of nitrogens with one attached hydrogen (secondary N) is 3. The molecule has 0 radical (unpaired) electrons. The van der Waals surface area contributed by atoms with E-state index in [1.807, 2.05) is 13.8 Å². The predicted molar refractivity (Wildman–Crippen MR) is 74.5 cm³/mol. The Kier molecular flexibility index (Phi) is 5.26. The summed E-state index contributed by atoms with van der Waals surface area (Å²) in [6, 6.07) is 0.0457. The molecule has 1 aromatic rings. The molecule has 1 aliphatic heterocycles. The number of rotatable bonds is 6. The van der Waals surface area contributed by atoms with E-state index in [4.69, 9.17) is 4.52 Å². The van der Waals surface area contributed by atoms with Gasteiger partial charge in [-0.3, -0.25) is 9.59 Å². The molecule has 3 N–H and O–H groups in total. The van der Waals surface area contributed by atoms with Gasteiger partial charge in [-0.15, -0.1) is 0 Å².